The number of hydrogen-bond acceptors (Lipinski definition) is 2. The van der Waals surface area contributed by atoms with Crippen LogP contribution in [0.1, 0.15) is 32.6 Å². The molecule has 1 aliphatic carbocycles. The zero-order valence-electron chi connectivity index (χ0n) is 15.5. The summed E-state index contributed by atoms with van der Waals surface area (Å²) in [6.45, 7) is 2.81. The number of carbonyl (C=O) groups is 1. The number of primary amides is 1. The van der Waals surface area contributed by atoms with Crippen LogP contribution in [0.15, 0.2) is 66.7 Å². The lowest BCUT2D eigenvalue weighted by atomic mass is 9.95. The van der Waals surface area contributed by atoms with Crippen molar-refractivity contribution in [3.8, 4) is 11.1 Å². The second-order valence-electron chi connectivity index (χ2n) is 7.29. The maximum absolute atomic E-state index is 11.6. The summed E-state index contributed by atoms with van der Waals surface area (Å²) in [7, 11) is 0. The minimum absolute atomic E-state index is 0.382. The van der Waals surface area contributed by atoms with Crippen molar-refractivity contribution in [3.05, 3.63) is 94.5 Å². The monoisotopic (exact) mass is 356 g/mol. The van der Waals surface area contributed by atoms with Crippen LogP contribution in [-0.2, 0) is 19.4 Å². The third-order valence-electron chi connectivity index (χ3n) is 5.51. The topological polar surface area (TPSA) is 55.1 Å². The highest BCUT2D eigenvalue weighted by Crippen LogP contribution is 2.26. The molecule has 0 aromatic heterocycles. The third kappa shape index (κ3) is 3.64. The highest BCUT2D eigenvalue weighted by Gasteiger charge is 2.20. The molecule has 0 heterocycles. The molecule has 1 aliphatic rings. The Morgan fingerprint density at radius 3 is 2.26 bits per heavy atom. The Kier molecular flexibility index (Phi) is 4.78. The van der Waals surface area contributed by atoms with Gasteiger partial charge in [-0.2, -0.15) is 0 Å². The number of rotatable bonds is 5. The lowest BCUT2D eigenvalue weighted by Crippen LogP contribution is -2.28. The first kappa shape index (κ1) is 17.5. The van der Waals surface area contributed by atoms with E-state index in [0.717, 1.165) is 36.1 Å². The molecule has 1 amide bonds. The molecular formula is C24H24N2O. The van der Waals surface area contributed by atoms with Crippen molar-refractivity contribution in [1.82, 2.24) is 5.32 Å². The van der Waals surface area contributed by atoms with E-state index in [0.29, 0.717) is 11.6 Å². The van der Waals surface area contributed by atoms with Gasteiger partial charge in [-0.3, -0.25) is 4.79 Å². The molecule has 0 spiro atoms. The number of nitrogens with one attached hydrogen (secondary N) is 1. The lowest BCUT2D eigenvalue weighted by Gasteiger charge is -2.13. The molecular weight excluding hydrogens is 332 g/mol. The Morgan fingerprint density at radius 1 is 0.963 bits per heavy atom. The summed E-state index contributed by atoms with van der Waals surface area (Å²) < 4.78 is 0. The van der Waals surface area contributed by atoms with Gasteiger partial charge < -0.3 is 11.1 Å². The van der Waals surface area contributed by atoms with Crippen molar-refractivity contribution in [1.29, 1.82) is 0 Å². The van der Waals surface area contributed by atoms with Crippen molar-refractivity contribution in [2.24, 2.45) is 5.73 Å². The van der Waals surface area contributed by atoms with Crippen molar-refractivity contribution in [2.45, 2.75) is 32.4 Å². The van der Waals surface area contributed by atoms with E-state index in [1.165, 1.54) is 16.7 Å². The van der Waals surface area contributed by atoms with Crippen LogP contribution in [-0.4, -0.2) is 11.9 Å². The third-order valence-corrected chi connectivity index (χ3v) is 5.51. The SMILES string of the molecule is Cc1c(C(N)=O)cccc1-c1ccc(CNC2Cc3ccccc3C2)cc1. The number of hydrogen-bond donors (Lipinski definition) is 2. The Labute approximate surface area is 160 Å². The molecule has 4 rings (SSSR count). The van der Waals surface area contributed by atoms with Crippen LogP contribution in [0.4, 0.5) is 0 Å². The molecule has 27 heavy (non-hydrogen) atoms. The first-order chi connectivity index (χ1) is 13.1. The molecule has 3 N–H and O–H groups in total. The van der Waals surface area contributed by atoms with Crippen LogP contribution in [0, 0.1) is 6.92 Å². The van der Waals surface area contributed by atoms with Crippen molar-refractivity contribution in [2.75, 3.05) is 0 Å². The smallest absolute Gasteiger partial charge is 0.248 e. The fourth-order valence-corrected chi connectivity index (χ4v) is 3.98. The minimum Gasteiger partial charge on any atom is -0.366 e. The quantitative estimate of drug-likeness (QED) is 0.725. The predicted octanol–water partition coefficient (Wildman–Crippen LogP) is 4.02. The van der Waals surface area contributed by atoms with E-state index in [9.17, 15) is 4.79 Å². The molecule has 0 fully saturated rings. The number of nitrogens with two attached hydrogens (primary N) is 1. The summed E-state index contributed by atoms with van der Waals surface area (Å²) >= 11 is 0. The maximum atomic E-state index is 11.6. The Hall–Kier alpha value is -2.91. The molecule has 0 atom stereocenters. The van der Waals surface area contributed by atoms with E-state index in [1.807, 2.05) is 19.1 Å². The van der Waals surface area contributed by atoms with Crippen LogP contribution in [0.5, 0.6) is 0 Å². The van der Waals surface area contributed by atoms with Gasteiger partial charge in [0, 0.05) is 18.2 Å². The Bertz CT molecular complexity index is 951. The molecule has 0 saturated carbocycles. The standard InChI is InChI=1S/C24H24N2O/c1-16-22(7-4-8-23(16)24(25)27)18-11-9-17(10-12-18)15-26-21-13-19-5-2-3-6-20(19)14-21/h2-12,21,26H,13-15H2,1H3,(H2,25,27). The summed E-state index contributed by atoms with van der Waals surface area (Å²) in [6, 6.07) is 23.5. The zero-order valence-corrected chi connectivity index (χ0v) is 15.5. The van der Waals surface area contributed by atoms with Gasteiger partial charge in [0.1, 0.15) is 0 Å². The Morgan fingerprint density at radius 2 is 1.63 bits per heavy atom. The fourth-order valence-electron chi connectivity index (χ4n) is 3.98. The number of amides is 1. The summed E-state index contributed by atoms with van der Waals surface area (Å²) in [4.78, 5) is 11.6. The van der Waals surface area contributed by atoms with Crippen LogP contribution in [0.25, 0.3) is 11.1 Å². The molecule has 0 bridgehead atoms. The van der Waals surface area contributed by atoms with E-state index in [1.54, 1.807) is 6.07 Å². The second-order valence-corrected chi connectivity index (χ2v) is 7.29. The summed E-state index contributed by atoms with van der Waals surface area (Å²) in [6.07, 6.45) is 2.21. The zero-order chi connectivity index (χ0) is 18.8. The van der Waals surface area contributed by atoms with E-state index < -0.39 is 0 Å². The van der Waals surface area contributed by atoms with Gasteiger partial charge in [0.05, 0.1) is 0 Å². The van der Waals surface area contributed by atoms with Crippen molar-refractivity contribution >= 4 is 5.91 Å². The van der Waals surface area contributed by atoms with Crippen molar-refractivity contribution in [3.63, 3.8) is 0 Å². The van der Waals surface area contributed by atoms with E-state index >= 15 is 0 Å². The molecule has 0 unspecified atom stereocenters. The van der Waals surface area contributed by atoms with Gasteiger partial charge in [-0.05, 0) is 59.2 Å². The molecule has 0 radical (unpaired) electrons. The van der Waals surface area contributed by atoms with Crippen molar-refractivity contribution < 1.29 is 4.79 Å². The van der Waals surface area contributed by atoms with Crippen LogP contribution in [0.2, 0.25) is 0 Å². The molecule has 136 valence electrons. The van der Waals surface area contributed by atoms with Gasteiger partial charge in [-0.25, -0.2) is 0 Å². The highest BCUT2D eigenvalue weighted by atomic mass is 16.1. The van der Waals surface area contributed by atoms with Crippen LogP contribution in [0.3, 0.4) is 0 Å². The predicted molar refractivity (Wildman–Crippen MR) is 110 cm³/mol. The summed E-state index contributed by atoms with van der Waals surface area (Å²) in [5, 5.41) is 3.68. The molecule has 3 nitrogen and oxygen atoms in total. The summed E-state index contributed by atoms with van der Waals surface area (Å²) in [5.74, 6) is -0.382. The maximum Gasteiger partial charge on any atom is 0.248 e. The average Bonchev–Trinajstić information content (AvgIpc) is 3.10. The highest BCUT2D eigenvalue weighted by molar-refractivity contribution is 5.96. The lowest BCUT2D eigenvalue weighted by molar-refractivity contribution is 0.1000. The first-order valence-corrected chi connectivity index (χ1v) is 9.40. The molecule has 3 heteroatoms. The van der Waals surface area contributed by atoms with E-state index in [4.69, 9.17) is 5.73 Å². The van der Waals surface area contributed by atoms with Gasteiger partial charge in [0.25, 0.3) is 0 Å². The molecule has 3 aromatic rings. The number of carbonyl (C=O) groups excluding carboxylic acids is 1. The molecule has 0 saturated heterocycles. The minimum atomic E-state index is -0.382. The van der Waals surface area contributed by atoms with Gasteiger partial charge in [-0.15, -0.1) is 0 Å². The van der Waals surface area contributed by atoms with E-state index in [-0.39, 0.29) is 5.91 Å². The fraction of sp³-hybridized carbons (Fsp3) is 0.208. The van der Waals surface area contributed by atoms with Crippen LogP contribution < -0.4 is 11.1 Å². The van der Waals surface area contributed by atoms with Gasteiger partial charge >= 0.3 is 0 Å². The van der Waals surface area contributed by atoms with Crippen LogP contribution >= 0.6 is 0 Å². The average molecular weight is 356 g/mol. The number of benzene rings is 3. The van der Waals surface area contributed by atoms with Gasteiger partial charge in [0.15, 0.2) is 0 Å². The second kappa shape index (κ2) is 7.37. The summed E-state index contributed by atoms with van der Waals surface area (Å²) in [5.41, 5.74) is 13.3. The van der Waals surface area contributed by atoms with Gasteiger partial charge in [-0.1, -0.05) is 60.7 Å². The largest absolute Gasteiger partial charge is 0.366 e. The van der Waals surface area contributed by atoms with Gasteiger partial charge in [0.2, 0.25) is 5.91 Å². The Balaban J connectivity index is 1.43. The van der Waals surface area contributed by atoms with E-state index in [2.05, 4.69) is 53.8 Å². The first-order valence-electron chi connectivity index (χ1n) is 9.40. The molecule has 3 aromatic carbocycles. The number of fused-ring (bicyclic) bond motifs is 1. The molecule has 0 aliphatic heterocycles. The normalized spacial score (nSPS) is 13.5.